The summed E-state index contributed by atoms with van der Waals surface area (Å²) in [7, 11) is 3.40. The van der Waals surface area contributed by atoms with Crippen LogP contribution in [0.4, 0.5) is 0 Å². The number of methoxy groups -OCH3 is 2. The quantitative estimate of drug-likeness (QED) is 0.638. The van der Waals surface area contributed by atoms with Gasteiger partial charge in [-0.1, -0.05) is 12.8 Å². The minimum atomic E-state index is -0.258. The summed E-state index contributed by atoms with van der Waals surface area (Å²) in [4.78, 5) is 0. The van der Waals surface area contributed by atoms with Crippen molar-refractivity contribution in [3.8, 4) is 0 Å². The van der Waals surface area contributed by atoms with Gasteiger partial charge < -0.3 is 19.9 Å². The normalized spacial score (nSPS) is 31.8. The maximum absolute atomic E-state index is 9.56. The van der Waals surface area contributed by atoms with Gasteiger partial charge in [0.1, 0.15) is 0 Å². The molecule has 2 atom stereocenters. The van der Waals surface area contributed by atoms with Gasteiger partial charge in [-0.2, -0.15) is 0 Å². The zero-order valence-corrected chi connectivity index (χ0v) is 9.79. The lowest BCUT2D eigenvalue weighted by Gasteiger charge is -2.42. The Balaban J connectivity index is 2.53. The highest BCUT2D eigenvalue weighted by molar-refractivity contribution is 4.98. The van der Waals surface area contributed by atoms with Crippen LogP contribution >= 0.6 is 0 Å². The van der Waals surface area contributed by atoms with Gasteiger partial charge in [-0.15, -0.1) is 0 Å². The zero-order chi connectivity index (χ0) is 11.1. The molecular formula is C11H23NO3. The predicted molar refractivity (Wildman–Crippen MR) is 59.0 cm³/mol. The van der Waals surface area contributed by atoms with Crippen LogP contribution in [0.25, 0.3) is 0 Å². The zero-order valence-electron chi connectivity index (χ0n) is 9.79. The monoisotopic (exact) mass is 217 g/mol. The Morgan fingerprint density at radius 1 is 1.40 bits per heavy atom. The van der Waals surface area contributed by atoms with Crippen LogP contribution in [0, 0.1) is 0 Å². The van der Waals surface area contributed by atoms with E-state index in [1.165, 1.54) is 6.42 Å². The first-order valence-electron chi connectivity index (χ1n) is 5.66. The van der Waals surface area contributed by atoms with Crippen molar-refractivity contribution < 1.29 is 14.6 Å². The van der Waals surface area contributed by atoms with Crippen LogP contribution in [0.1, 0.15) is 25.7 Å². The fourth-order valence-corrected chi connectivity index (χ4v) is 2.39. The van der Waals surface area contributed by atoms with Crippen molar-refractivity contribution in [2.45, 2.75) is 37.3 Å². The Bertz CT molecular complexity index is 177. The molecule has 0 heterocycles. The van der Waals surface area contributed by atoms with Crippen molar-refractivity contribution in [2.24, 2.45) is 0 Å². The molecule has 0 aromatic carbocycles. The highest BCUT2D eigenvalue weighted by Crippen LogP contribution is 2.30. The molecular weight excluding hydrogens is 194 g/mol. The van der Waals surface area contributed by atoms with E-state index in [1.807, 2.05) is 0 Å². The van der Waals surface area contributed by atoms with Gasteiger partial charge in [-0.05, 0) is 12.8 Å². The number of ether oxygens (including phenoxy) is 2. The number of hydrogen-bond donors (Lipinski definition) is 2. The lowest BCUT2D eigenvalue weighted by atomic mass is 9.79. The smallest absolute Gasteiger partial charge is 0.0775 e. The Hall–Kier alpha value is -0.160. The Morgan fingerprint density at radius 2 is 2.20 bits per heavy atom. The van der Waals surface area contributed by atoms with E-state index < -0.39 is 0 Å². The van der Waals surface area contributed by atoms with E-state index in [9.17, 15) is 5.11 Å². The van der Waals surface area contributed by atoms with Crippen molar-refractivity contribution in [1.82, 2.24) is 5.32 Å². The average molecular weight is 217 g/mol. The largest absolute Gasteiger partial charge is 0.394 e. The van der Waals surface area contributed by atoms with Crippen molar-refractivity contribution in [2.75, 3.05) is 34.0 Å². The highest BCUT2D eigenvalue weighted by atomic mass is 16.5. The van der Waals surface area contributed by atoms with E-state index >= 15 is 0 Å². The summed E-state index contributed by atoms with van der Waals surface area (Å²) in [5.74, 6) is 0. The minimum absolute atomic E-state index is 0.119. The van der Waals surface area contributed by atoms with Gasteiger partial charge in [-0.3, -0.25) is 0 Å². The number of aliphatic hydroxyl groups is 1. The summed E-state index contributed by atoms with van der Waals surface area (Å²) in [5.41, 5.74) is -0.258. The second kappa shape index (κ2) is 6.43. The van der Waals surface area contributed by atoms with Gasteiger partial charge in [0.25, 0.3) is 0 Å². The minimum Gasteiger partial charge on any atom is -0.394 e. The van der Waals surface area contributed by atoms with Crippen LogP contribution in [0.2, 0.25) is 0 Å². The van der Waals surface area contributed by atoms with Crippen LogP contribution < -0.4 is 5.32 Å². The average Bonchev–Trinajstić information content (AvgIpc) is 2.30. The van der Waals surface area contributed by atoms with Crippen LogP contribution in [0.3, 0.4) is 0 Å². The van der Waals surface area contributed by atoms with Crippen molar-refractivity contribution in [3.63, 3.8) is 0 Å². The standard InChI is InChI=1S/C11H23NO3/c1-14-8-7-12-11(9-13)6-4-3-5-10(11)15-2/h10,12-13H,3-9H2,1-2H3. The maximum atomic E-state index is 9.56. The number of rotatable bonds is 6. The van der Waals surface area contributed by atoms with E-state index in [-0.39, 0.29) is 18.2 Å². The third kappa shape index (κ3) is 3.14. The highest BCUT2D eigenvalue weighted by Gasteiger charge is 2.39. The summed E-state index contributed by atoms with van der Waals surface area (Å²) in [6.45, 7) is 1.56. The SMILES string of the molecule is COCCNC1(CO)CCCCC1OC. The predicted octanol–water partition coefficient (Wildman–Crippen LogP) is 0.542. The second-order valence-corrected chi connectivity index (χ2v) is 4.20. The first-order valence-corrected chi connectivity index (χ1v) is 5.66. The summed E-state index contributed by atoms with van der Waals surface area (Å²) in [6.07, 6.45) is 4.46. The number of nitrogens with one attached hydrogen (secondary N) is 1. The third-order valence-electron chi connectivity index (χ3n) is 3.31. The second-order valence-electron chi connectivity index (χ2n) is 4.20. The van der Waals surface area contributed by atoms with Gasteiger partial charge in [0, 0.05) is 20.8 Å². The molecule has 0 aromatic heterocycles. The topological polar surface area (TPSA) is 50.7 Å². The summed E-state index contributed by atoms with van der Waals surface area (Å²) in [5, 5.41) is 12.9. The first kappa shape index (κ1) is 12.9. The van der Waals surface area contributed by atoms with Gasteiger partial charge in [0.2, 0.25) is 0 Å². The van der Waals surface area contributed by atoms with E-state index in [2.05, 4.69) is 5.32 Å². The van der Waals surface area contributed by atoms with Crippen LogP contribution in [0.15, 0.2) is 0 Å². The molecule has 0 amide bonds. The van der Waals surface area contributed by atoms with E-state index in [1.54, 1.807) is 14.2 Å². The summed E-state index contributed by atoms with van der Waals surface area (Å²) in [6, 6.07) is 0. The molecule has 4 nitrogen and oxygen atoms in total. The van der Waals surface area contributed by atoms with Crippen molar-refractivity contribution in [1.29, 1.82) is 0 Å². The molecule has 0 saturated heterocycles. The lowest BCUT2D eigenvalue weighted by molar-refractivity contribution is -0.0399. The molecule has 4 heteroatoms. The molecule has 1 fully saturated rings. The summed E-state index contributed by atoms with van der Waals surface area (Å²) >= 11 is 0. The first-order chi connectivity index (χ1) is 7.29. The fourth-order valence-electron chi connectivity index (χ4n) is 2.39. The molecule has 1 rings (SSSR count). The Morgan fingerprint density at radius 3 is 2.80 bits per heavy atom. The van der Waals surface area contributed by atoms with Gasteiger partial charge in [0.05, 0.1) is 24.9 Å². The number of hydrogen-bond acceptors (Lipinski definition) is 4. The molecule has 90 valence electrons. The van der Waals surface area contributed by atoms with Crippen molar-refractivity contribution >= 4 is 0 Å². The molecule has 0 radical (unpaired) electrons. The molecule has 0 spiro atoms. The molecule has 15 heavy (non-hydrogen) atoms. The van der Waals surface area contributed by atoms with Crippen LogP contribution in [0.5, 0.6) is 0 Å². The molecule has 0 bridgehead atoms. The van der Waals surface area contributed by atoms with E-state index in [0.29, 0.717) is 6.61 Å². The van der Waals surface area contributed by atoms with Gasteiger partial charge >= 0.3 is 0 Å². The molecule has 1 saturated carbocycles. The molecule has 2 unspecified atom stereocenters. The van der Waals surface area contributed by atoms with E-state index in [0.717, 1.165) is 25.8 Å². The van der Waals surface area contributed by atoms with Crippen molar-refractivity contribution in [3.05, 3.63) is 0 Å². The molecule has 2 N–H and O–H groups in total. The number of aliphatic hydroxyl groups excluding tert-OH is 1. The maximum Gasteiger partial charge on any atom is 0.0775 e. The fraction of sp³-hybridized carbons (Fsp3) is 1.00. The van der Waals surface area contributed by atoms with Crippen LogP contribution in [-0.2, 0) is 9.47 Å². The lowest BCUT2D eigenvalue weighted by Crippen LogP contribution is -2.60. The van der Waals surface area contributed by atoms with Gasteiger partial charge in [0.15, 0.2) is 0 Å². The molecule has 0 aliphatic heterocycles. The summed E-state index contributed by atoms with van der Waals surface area (Å²) < 4.78 is 10.5. The third-order valence-corrected chi connectivity index (χ3v) is 3.31. The Labute approximate surface area is 92.0 Å². The molecule has 0 aromatic rings. The van der Waals surface area contributed by atoms with E-state index in [4.69, 9.17) is 9.47 Å². The van der Waals surface area contributed by atoms with Crippen LogP contribution in [-0.4, -0.2) is 50.7 Å². The Kier molecular flexibility index (Phi) is 5.53. The van der Waals surface area contributed by atoms with Gasteiger partial charge in [-0.25, -0.2) is 0 Å². The molecule has 1 aliphatic rings. The molecule has 1 aliphatic carbocycles.